The Kier molecular flexibility index (Phi) is 5.10. The van der Waals surface area contributed by atoms with Crippen LogP contribution in [0.1, 0.15) is 12.2 Å². The number of carbonyl (C=O) groups excluding carboxylic acids is 1. The Hall–Kier alpha value is -2.41. The maximum atomic E-state index is 13.0. The number of aromatic nitrogens is 1. The van der Waals surface area contributed by atoms with Crippen LogP contribution < -0.4 is 10.2 Å². The van der Waals surface area contributed by atoms with E-state index in [9.17, 15) is 9.18 Å². The first kappa shape index (κ1) is 16.4. The van der Waals surface area contributed by atoms with E-state index in [1.165, 1.54) is 12.1 Å². The molecule has 1 aliphatic rings. The lowest BCUT2D eigenvalue weighted by molar-refractivity contribution is -0.116. The van der Waals surface area contributed by atoms with Gasteiger partial charge in [-0.05, 0) is 31.2 Å². The molecule has 0 aliphatic carbocycles. The number of anilines is 2. The Morgan fingerprint density at radius 3 is 2.58 bits per heavy atom. The Bertz CT molecular complexity index is 678. The third-order valence-electron chi connectivity index (χ3n) is 4.11. The monoisotopic (exact) mass is 332 g/mol. The lowest BCUT2D eigenvalue weighted by Gasteiger charge is -2.36. The molecule has 2 heterocycles. The van der Waals surface area contributed by atoms with Gasteiger partial charge in [0.05, 0.1) is 0 Å². The van der Waals surface area contributed by atoms with Crippen molar-refractivity contribution in [3.8, 4) is 0 Å². The van der Waals surface area contributed by atoms with Gasteiger partial charge < -0.3 is 14.7 Å². The first-order valence-electron chi connectivity index (χ1n) is 8.06. The van der Waals surface area contributed by atoms with E-state index in [2.05, 4.69) is 20.3 Å². The number of hydrogen-bond donors (Lipinski definition) is 1. The molecule has 0 atom stereocenters. The lowest BCUT2D eigenvalue weighted by Crippen LogP contribution is -2.47. The SMILES string of the molecule is Cc1cc(NC(=O)CCN2CCN(c3ccc(F)cc3)CC2)no1. The second-order valence-electron chi connectivity index (χ2n) is 5.93. The number of piperazine rings is 1. The Balaban J connectivity index is 1.40. The first-order chi connectivity index (χ1) is 11.6. The normalized spacial score (nSPS) is 15.5. The summed E-state index contributed by atoms with van der Waals surface area (Å²) in [6.07, 6.45) is 0.419. The summed E-state index contributed by atoms with van der Waals surface area (Å²) in [6.45, 7) is 6.00. The van der Waals surface area contributed by atoms with Crippen LogP contribution in [0.15, 0.2) is 34.9 Å². The molecule has 1 fully saturated rings. The van der Waals surface area contributed by atoms with Crippen molar-refractivity contribution in [2.45, 2.75) is 13.3 Å². The number of aryl methyl sites for hydroxylation is 1. The van der Waals surface area contributed by atoms with E-state index in [0.717, 1.165) is 31.9 Å². The highest BCUT2D eigenvalue weighted by molar-refractivity contribution is 5.89. The van der Waals surface area contributed by atoms with Crippen molar-refractivity contribution in [3.05, 3.63) is 41.9 Å². The van der Waals surface area contributed by atoms with E-state index < -0.39 is 0 Å². The Labute approximate surface area is 140 Å². The number of nitrogens with one attached hydrogen (secondary N) is 1. The summed E-state index contributed by atoms with van der Waals surface area (Å²) in [5, 5.41) is 6.47. The van der Waals surface area contributed by atoms with E-state index >= 15 is 0 Å². The molecule has 2 aromatic rings. The summed E-state index contributed by atoms with van der Waals surface area (Å²) < 4.78 is 17.9. The zero-order valence-corrected chi connectivity index (χ0v) is 13.7. The van der Waals surface area contributed by atoms with E-state index in [-0.39, 0.29) is 11.7 Å². The highest BCUT2D eigenvalue weighted by Crippen LogP contribution is 2.17. The van der Waals surface area contributed by atoms with Gasteiger partial charge in [0, 0.05) is 50.9 Å². The molecule has 0 radical (unpaired) electrons. The van der Waals surface area contributed by atoms with Crippen molar-refractivity contribution in [1.29, 1.82) is 0 Å². The molecule has 128 valence electrons. The fourth-order valence-corrected chi connectivity index (χ4v) is 2.77. The molecule has 1 aliphatic heterocycles. The van der Waals surface area contributed by atoms with Crippen molar-refractivity contribution in [2.24, 2.45) is 0 Å². The number of halogens is 1. The molecule has 1 aromatic heterocycles. The molecule has 0 spiro atoms. The molecule has 1 saturated heterocycles. The number of amides is 1. The zero-order chi connectivity index (χ0) is 16.9. The predicted octanol–water partition coefficient (Wildman–Crippen LogP) is 2.27. The standard InChI is InChI=1S/C17H21FN4O2/c1-13-12-16(20-24-13)19-17(23)6-7-21-8-10-22(11-9-21)15-4-2-14(18)3-5-15/h2-5,12H,6-11H2,1H3,(H,19,20,23). The molecule has 6 nitrogen and oxygen atoms in total. The van der Waals surface area contributed by atoms with Crippen LogP contribution in [0.2, 0.25) is 0 Å². The van der Waals surface area contributed by atoms with Crippen molar-refractivity contribution >= 4 is 17.4 Å². The van der Waals surface area contributed by atoms with E-state index in [4.69, 9.17) is 4.52 Å². The van der Waals surface area contributed by atoms with Crippen LogP contribution in [-0.4, -0.2) is 48.7 Å². The van der Waals surface area contributed by atoms with Gasteiger partial charge in [-0.15, -0.1) is 0 Å². The van der Waals surface area contributed by atoms with Crippen molar-refractivity contribution in [2.75, 3.05) is 42.9 Å². The average molecular weight is 332 g/mol. The maximum Gasteiger partial charge on any atom is 0.226 e. The molecular formula is C17H21FN4O2. The van der Waals surface area contributed by atoms with Crippen LogP contribution in [0.3, 0.4) is 0 Å². The molecule has 24 heavy (non-hydrogen) atoms. The smallest absolute Gasteiger partial charge is 0.226 e. The Morgan fingerprint density at radius 2 is 1.96 bits per heavy atom. The topological polar surface area (TPSA) is 61.6 Å². The van der Waals surface area contributed by atoms with Gasteiger partial charge in [0.15, 0.2) is 5.82 Å². The number of benzene rings is 1. The van der Waals surface area contributed by atoms with Gasteiger partial charge in [0.2, 0.25) is 5.91 Å². The summed E-state index contributed by atoms with van der Waals surface area (Å²) in [5.74, 6) is 0.843. The quantitative estimate of drug-likeness (QED) is 0.910. The minimum absolute atomic E-state index is 0.0655. The number of nitrogens with zero attached hydrogens (tertiary/aromatic N) is 3. The van der Waals surface area contributed by atoms with Crippen LogP contribution >= 0.6 is 0 Å². The summed E-state index contributed by atoms with van der Waals surface area (Å²) in [4.78, 5) is 16.4. The molecule has 0 unspecified atom stereocenters. The largest absolute Gasteiger partial charge is 0.369 e. The summed E-state index contributed by atoms with van der Waals surface area (Å²) >= 11 is 0. The lowest BCUT2D eigenvalue weighted by atomic mass is 10.2. The predicted molar refractivity (Wildman–Crippen MR) is 89.5 cm³/mol. The van der Waals surface area contributed by atoms with Crippen LogP contribution in [0, 0.1) is 12.7 Å². The zero-order valence-electron chi connectivity index (χ0n) is 13.7. The number of hydrogen-bond acceptors (Lipinski definition) is 5. The summed E-state index contributed by atoms with van der Waals surface area (Å²) in [7, 11) is 0. The first-order valence-corrected chi connectivity index (χ1v) is 8.06. The van der Waals surface area contributed by atoms with Crippen molar-refractivity contribution in [3.63, 3.8) is 0 Å². The minimum Gasteiger partial charge on any atom is -0.369 e. The van der Waals surface area contributed by atoms with E-state index in [0.29, 0.717) is 24.5 Å². The molecule has 1 amide bonds. The van der Waals surface area contributed by atoms with Crippen molar-refractivity contribution < 1.29 is 13.7 Å². The second-order valence-corrected chi connectivity index (χ2v) is 5.93. The van der Waals surface area contributed by atoms with E-state index in [1.807, 2.05) is 0 Å². The van der Waals surface area contributed by atoms with E-state index in [1.54, 1.807) is 25.1 Å². The minimum atomic E-state index is -0.217. The molecule has 0 saturated carbocycles. The van der Waals surface area contributed by atoms with Gasteiger partial charge in [0.1, 0.15) is 11.6 Å². The van der Waals surface area contributed by atoms with Gasteiger partial charge in [-0.1, -0.05) is 5.16 Å². The maximum absolute atomic E-state index is 13.0. The Morgan fingerprint density at radius 1 is 1.25 bits per heavy atom. The van der Waals surface area contributed by atoms with Crippen LogP contribution in [0.25, 0.3) is 0 Å². The third-order valence-corrected chi connectivity index (χ3v) is 4.11. The molecule has 1 N–H and O–H groups in total. The fraction of sp³-hybridized carbons (Fsp3) is 0.412. The highest BCUT2D eigenvalue weighted by atomic mass is 19.1. The fourth-order valence-electron chi connectivity index (χ4n) is 2.77. The highest BCUT2D eigenvalue weighted by Gasteiger charge is 2.18. The van der Waals surface area contributed by atoms with Gasteiger partial charge in [-0.2, -0.15) is 0 Å². The number of rotatable bonds is 5. The van der Waals surface area contributed by atoms with Gasteiger partial charge in [0.25, 0.3) is 0 Å². The molecule has 0 bridgehead atoms. The van der Waals surface area contributed by atoms with Crippen LogP contribution in [-0.2, 0) is 4.79 Å². The van der Waals surface area contributed by atoms with Crippen LogP contribution in [0.4, 0.5) is 15.9 Å². The van der Waals surface area contributed by atoms with Gasteiger partial charge in [-0.25, -0.2) is 4.39 Å². The van der Waals surface area contributed by atoms with Crippen molar-refractivity contribution in [1.82, 2.24) is 10.1 Å². The number of carbonyl (C=O) groups is 1. The summed E-state index contributed by atoms with van der Waals surface area (Å²) in [6, 6.07) is 8.27. The van der Waals surface area contributed by atoms with Crippen LogP contribution in [0.5, 0.6) is 0 Å². The summed E-state index contributed by atoms with van der Waals surface area (Å²) in [5.41, 5.74) is 1.04. The molecule has 7 heteroatoms. The van der Waals surface area contributed by atoms with Gasteiger partial charge in [-0.3, -0.25) is 9.69 Å². The average Bonchev–Trinajstić information content (AvgIpc) is 2.99. The van der Waals surface area contributed by atoms with Gasteiger partial charge >= 0.3 is 0 Å². The third kappa shape index (κ3) is 4.32. The molecule has 1 aromatic carbocycles. The molecular weight excluding hydrogens is 311 g/mol. The second kappa shape index (κ2) is 7.44. The molecule has 3 rings (SSSR count).